The number of pyridine rings is 1. The second-order valence-corrected chi connectivity index (χ2v) is 13.7. The predicted octanol–water partition coefficient (Wildman–Crippen LogP) is 3.33. The number of esters is 1. The number of amides is 1. The number of nitrogens with zero attached hydrogens (tertiary/aromatic N) is 4. The normalized spacial score (nSPS) is 17.5. The zero-order valence-electron chi connectivity index (χ0n) is 23.9. The fraction of sp³-hybridized carbons (Fsp3) is 0.483. The van der Waals surface area contributed by atoms with Crippen LogP contribution in [0.15, 0.2) is 59.9 Å². The lowest BCUT2D eigenvalue weighted by atomic mass is 9.75. The van der Waals surface area contributed by atoms with Gasteiger partial charge in [-0.25, -0.2) is 13.4 Å². The zero-order chi connectivity index (χ0) is 29.1. The molecule has 40 heavy (non-hydrogen) atoms. The number of hydrogen-bond donors (Lipinski definition) is 1. The Balaban J connectivity index is 0.000000406. The first-order chi connectivity index (χ1) is 18.8. The number of hydrogen-bond acceptors (Lipinski definition) is 7. The minimum absolute atomic E-state index is 0.115. The van der Waals surface area contributed by atoms with Gasteiger partial charge >= 0.3 is 5.97 Å². The van der Waals surface area contributed by atoms with Crippen LogP contribution in [0.1, 0.15) is 56.5 Å². The van der Waals surface area contributed by atoms with E-state index in [0.29, 0.717) is 30.1 Å². The van der Waals surface area contributed by atoms with E-state index in [1.54, 1.807) is 63.7 Å². The number of imidazole rings is 1. The number of piperidine rings is 1. The van der Waals surface area contributed by atoms with Gasteiger partial charge in [-0.2, -0.15) is 4.31 Å². The van der Waals surface area contributed by atoms with Crippen LogP contribution in [-0.2, 0) is 26.1 Å². The standard InChI is InChI=1S/C23H27N5O3S.C6H12O2/c1-26-11-2-9-23(15-26)16-28(17-23)32(30,31)20-6-3-18(4-7-20)13-25-22(29)19-5-8-21-24-10-12-27(21)14-19;1-5(7)8-6(2,3)4/h3-8,10,12,14H,2,9,11,13,15-17H2,1H3,(H,25,29);1-4H3. The number of carbonyl (C=O) groups is 2. The molecule has 0 unspecified atom stereocenters. The van der Waals surface area contributed by atoms with E-state index >= 15 is 0 Å². The number of ether oxygens (including phenoxy) is 1. The molecule has 4 heterocycles. The van der Waals surface area contributed by atoms with Gasteiger partial charge in [-0.15, -0.1) is 0 Å². The predicted molar refractivity (Wildman–Crippen MR) is 152 cm³/mol. The van der Waals surface area contributed by atoms with E-state index < -0.39 is 10.0 Å². The van der Waals surface area contributed by atoms with Crippen LogP contribution in [0.2, 0.25) is 0 Å². The van der Waals surface area contributed by atoms with Crippen molar-refractivity contribution in [1.82, 2.24) is 23.9 Å². The minimum atomic E-state index is -3.48. The summed E-state index contributed by atoms with van der Waals surface area (Å²) in [6, 6.07) is 10.3. The van der Waals surface area contributed by atoms with Crippen LogP contribution in [-0.4, -0.2) is 77.7 Å². The lowest BCUT2D eigenvalue weighted by molar-refractivity contribution is -0.151. The van der Waals surface area contributed by atoms with Crippen LogP contribution in [0.25, 0.3) is 5.65 Å². The number of aromatic nitrogens is 2. The van der Waals surface area contributed by atoms with Crippen LogP contribution in [0.3, 0.4) is 0 Å². The Morgan fingerprint density at radius 2 is 1.77 bits per heavy atom. The Bertz CT molecular complexity index is 1450. The molecule has 0 atom stereocenters. The van der Waals surface area contributed by atoms with Crippen LogP contribution < -0.4 is 5.32 Å². The molecule has 2 aliphatic heterocycles. The molecule has 0 saturated carbocycles. The summed E-state index contributed by atoms with van der Waals surface area (Å²) in [6.45, 7) is 10.5. The summed E-state index contributed by atoms with van der Waals surface area (Å²) in [5.74, 6) is -0.418. The van der Waals surface area contributed by atoms with E-state index in [4.69, 9.17) is 4.74 Å². The molecule has 1 N–H and O–H groups in total. The third-order valence-corrected chi connectivity index (χ3v) is 8.80. The van der Waals surface area contributed by atoms with E-state index in [9.17, 15) is 18.0 Å². The molecule has 0 bridgehead atoms. The number of rotatable bonds is 5. The molecule has 2 aliphatic rings. The van der Waals surface area contributed by atoms with E-state index in [0.717, 1.165) is 37.1 Å². The summed E-state index contributed by atoms with van der Waals surface area (Å²) < 4.78 is 34.2. The van der Waals surface area contributed by atoms with E-state index in [-0.39, 0.29) is 22.9 Å². The zero-order valence-corrected chi connectivity index (χ0v) is 24.7. The van der Waals surface area contributed by atoms with Crippen molar-refractivity contribution < 1.29 is 22.7 Å². The molecular weight excluding hydrogens is 530 g/mol. The molecule has 10 nitrogen and oxygen atoms in total. The van der Waals surface area contributed by atoms with Gasteiger partial charge in [0, 0.05) is 57.1 Å². The quantitative estimate of drug-likeness (QED) is 0.469. The number of carbonyl (C=O) groups excluding carboxylic acids is 2. The summed E-state index contributed by atoms with van der Waals surface area (Å²) >= 11 is 0. The van der Waals surface area contributed by atoms with Crippen molar-refractivity contribution in [3.05, 3.63) is 66.1 Å². The first kappa shape index (κ1) is 29.7. The van der Waals surface area contributed by atoms with Crippen molar-refractivity contribution >= 4 is 27.5 Å². The molecule has 1 spiro atoms. The number of sulfonamides is 1. The molecule has 11 heteroatoms. The van der Waals surface area contributed by atoms with Crippen molar-refractivity contribution in [2.45, 2.75) is 57.6 Å². The Morgan fingerprint density at radius 3 is 2.38 bits per heavy atom. The van der Waals surface area contributed by atoms with Crippen molar-refractivity contribution in [3.8, 4) is 0 Å². The van der Waals surface area contributed by atoms with E-state index in [1.807, 2.05) is 20.8 Å². The second-order valence-electron chi connectivity index (χ2n) is 11.8. The van der Waals surface area contributed by atoms with Gasteiger partial charge in [-0.3, -0.25) is 9.59 Å². The average molecular weight is 570 g/mol. The van der Waals surface area contributed by atoms with Gasteiger partial charge in [0.15, 0.2) is 0 Å². The summed E-state index contributed by atoms with van der Waals surface area (Å²) in [7, 11) is -1.38. The second kappa shape index (κ2) is 11.7. The highest BCUT2D eigenvalue weighted by Gasteiger charge is 2.49. The number of fused-ring (bicyclic) bond motifs is 1. The molecular formula is C29H39N5O5S. The van der Waals surface area contributed by atoms with Gasteiger partial charge in [0.1, 0.15) is 11.2 Å². The van der Waals surface area contributed by atoms with Crippen LogP contribution in [0.5, 0.6) is 0 Å². The molecule has 0 radical (unpaired) electrons. The molecule has 1 aromatic carbocycles. The highest BCUT2D eigenvalue weighted by Crippen LogP contribution is 2.41. The smallest absolute Gasteiger partial charge is 0.303 e. The molecule has 3 aromatic rings. The van der Waals surface area contributed by atoms with E-state index in [2.05, 4.69) is 22.2 Å². The first-order valence-corrected chi connectivity index (χ1v) is 14.9. The van der Waals surface area contributed by atoms with E-state index in [1.165, 1.54) is 6.92 Å². The summed E-state index contributed by atoms with van der Waals surface area (Å²) in [6.07, 6.45) is 7.42. The van der Waals surface area contributed by atoms with Crippen molar-refractivity contribution in [2.24, 2.45) is 5.41 Å². The van der Waals surface area contributed by atoms with Gasteiger partial charge < -0.3 is 19.4 Å². The highest BCUT2D eigenvalue weighted by atomic mass is 32.2. The lowest BCUT2D eigenvalue weighted by Gasteiger charge is -2.53. The number of nitrogens with one attached hydrogen (secondary N) is 1. The lowest BCUT2D eigenvalue weighted by Crippen LogP contribution is -2.63. The Labute approximate surface area is 236 Å². The van der Waals surface area contributed by atoms with Gasteiger partial charge in [-0.1, -0.05) is 12.1 Å². The highest BCUT2D eigenvalue weighted by molar-refractivity contribution is 7.89. The van der Waals surface area contributed by atoms with Crippen molar-refractivity contribution in [2.75, 3.05) is 33.2 Å². The Morgan fingerprint density at radius 1 is 1.07 bits per heavy atom. The van der Waals surface area contributed by atoms with Crippen molar-refractivity contribution in [1.29, 1.82) is 0 Å². The maximum absolute atomic E-state index is 13.0. The summed E-state index contributed by atoms with van der Waals surface area (Å²) in [4.78, 5) is 29.5. The average Bonchev–Trinajstić information content (AvgIpc) is 3.33. The van der Waals surface area contributed by atoms with Crippen molar-refractivity contribution in [3.63, 3.8) is 0 Å². The van der Waals surface area contributed by atoms with Gasteiger partial charge in [0.25, 0.3) is 5.91 Å². The SMILES string of the molecule is CC(=O)OC(C)(C)C.CN1CCCC2(C1)CN(S(=O)(=O)c1ccc(CNC(=O)c3ccc4nccn4c3)cc1)C2. The molecule has 216 valence electrons. The number of likely N-dealkylation sites (tertiary alicyclic amines) is 1. The minimum Gasteiger partial charge on any atom is -0.460 e. The summed E-state index contributed by atoms with van der Waals surface area (Å²) in [5, 5.41) is 2.88. The molecule has 2 saturated heterocycles. The monoisotopic (exact) mass is 569 g/mol. The maximum atomic E-state index is 13.0. The topological polar surface area (TPSA) is 113 Å². The Kier molecular flexibility index (Phi) is 8.67. The van der Waals surface area contributed by atoms with Gasteiger partial charge in [-0.05, 0) is 77.0 Å². The first-order valence-electron chi connectivity index (χ1n) is 13.4. The van der Waals surface area contributed by atoms with Gasteiger partial charge in [0.2, 0.25) is 10.0 Å². The van der Waals surface area contributed by atoms with Gasteiger partial charge in [0.05, 0.1) is 10.5 Å². The molecule has 2 fully saturated rings. The maximum Gasteiger partial charge on any atom is 0.303 e. The number of benzene rings is 1. The molecule has 1 amide bonds. The third-order valence-electron chi connectivity index (χ3n) is 6.99. The Hall–Kier alpha value is -3.28. The summed E-state index contributed by atoms with van der Waals surface area (Å²) in [5.41, 5.74) is 1.95. The molecule has 5 rings (SSSR count). The molecule has 0 aliphatic carbocycles. The largest absolute Gasteiger partial charge is 0.460 e. The van der Waals surface area contributed by atoms with Crippen LogP contribution >= 0.6 is 0 Å². The van der Waals surface area contributed by atoms with Crippen LogP contribution in [0.4, 0.5) is 0 Å². The molecule has 2 aromatic heterocycles. The third kappa shape index (κ3) is 7.26. The fourth-order valence-corrected chi connectivity index (χ4v) is 6.95. The fourth-order valence-electron chi connectivity index (χ4n) is 5.28. The van der Waals surface area contributed by atoms with Crippen LogP contribution in [0, 0.1) is 5.41 Å².